The van der Waals surface area contributed by atoms with Crippen LogP contribution in [-0.4, -0.2) is 23.8 Å². The van der Waals surface area contributed by atoms with Gasteiger partial charge in [0.25, 0.3) is 0 Å². The zero-order chi connectivity index (χ0) is 8.10. The van der Waals surface area contributed by atoms with Crippen LogP contribution in [0.4, 0.5) is 0 Å². The average molecular weight is 157 g/mol. The number of hydrogen-bond donors (Lipinski definition) is 2. The van der Waals surface area contributed by atoms with E-state index < -0.39 is 0 Å². The minimum absolute atomic E-state index is 0.0188. The first kappa shape index (κ1) is 9.01. The standard InChI is InChI=1S/C9H19NO/c1-2-7-10-8-3-5-9(11)6-4-8/h8-11H,2-7H2,1H3. The van der Waals surface area contributed by atoms with Gasteiger partial charge in [-0.1, -0.05) is 6.92 Å². The van der Waals surface area contributed by atoms with Gasteiger partial charge in [0.05, 0.1) is 6.10 Å². The molecule has 1 aliphatic rings. The van der Waals surface area contributed by atoms with Crippen molar-refractivity contribution in [3.63, 3.8) is 0 Å². The monoisotopic (exact) mass is 157 g/mol. The van der Waals surface area contributed by atoms with Crippen LogP contribution in [0.2, 0.25) is 0 Å². The van der Waals surface area contributed by atoms with Crippen molar-refractivity contribution in [2.75, 3.05) is 6.54 Å². The molecule has 1 aliphatic carbocycles. The highest BCUT2D eigenvalue weighted by atomic mass is 16.3. The first-order valence-corrected chi connectivity index (χ1v) is 4.74. The third-order valence-corrected chi connectivity index (χ3v) is 2.38. The summed E-state index contributed by atoms with van der Waals surface area (Å²) in [4.78, 5) is 0. The lowest BCUT2D eigenvalue weighted by Gasteiger charge is -2.26. The van der Waals surface area contributed by atoms with Crippen LogP contribution >= 0.6 is 0 Å². The molecule has 0 unspecified atom stereocenters. The molecule has 0 bridgehead atoms. The Kier molecular flexibility index (Phi) is 3.87. The molecule has 2 N–H and O–H groups in total. The van der Waals surface area contributed by atoms with Gasteiger partial charge in [0.2, 0.25) is 0 Å². The summed E-state index contributed by atoms with van der Waals surface area (Å²) < 4.78 is 0. The van der Waals surface area contributed by atoms with Gasteiger partial charge in [-0.2, -0.15) is 0 Å². The summed E-state index contributed by atoms with van der Waals surface area (Å²) in [6.45, 7) is 3.31. The van der Waals surface area contributed by atoms with Crippen LogP contribution in [0.5, 0.6) is 0 Å². The number of aliphatic hydroxyl groups is 1. The molecule has 2 heteroatoms. The van der Waals surface area contributed by atoms with Crippen molar-refractivity contribution in [3.05, 3.63) is 0 Å². The van der Waals surface area contributed by atoms with Crippen LogP contribution in [0.25, 0.3) is 0 Å². The highest BCUT2D eigenvalue weighted by molar-refractivity contribution is 4.75. The Bertz CT molecular complexity index is 95.0. The van der Waals surface area contributed by atoms with Crippen LogP contribution < -0.4 is 5.32 Å². The molecule has 0 saturated heterocycles. The zero-order valence-electron chi connectivity index (χ0n) is 7.34. The normalized spacial score (nSPS) is 32.2. The van der Waals surface area contributed by atoms with E-state index in [1.165, 1.54) is 6.42 Å². The molecule has 1 fully saturated rings. The molecule has 0 aromatic heterocycles. The van der Waals surface area contributed by atoms with E-state index in [-0.39, 0.29) is 6.10 Å². The fourth-order valence-electron chi connectivity index (χ4n) is 1.63. The molecule has 0 aliphatic heterocycles. The Hall–Kier alpha value is -0.0800. The van der Waals surface area contributed by atoms with Crippen LogP contribution in [0.15, 0.2) is 0 Å². The molecule has 66 valence electrons. The van der Waals surface area contributed by atoms with Gasteiger partial charge in [-0.25, -0.2) is 0 Å². The fraction of sp³-hybridized carbons (Fsp3) is 1.00. The van der Waals surface area contributed by atoms with Crippen molar-refractivity contribution in [3.8, 4) is 0 Å². The summed E-state index contributed by atoms with van der Waals surface area (Å²) in [5.74, 6) is 0. The first-order chi connectivity index (χ1) is 5.33. The Morgan fingerprint density at radius 3 is 2.45 bits per heavy atom. The van der Waals surface area contributed by atoms with E-state index in [1.807, 2.05) is 0 Å². The summed E-state index contributed by atoms with van der Waals surface area (Å²) in [5, 5.41) is 12.7. The van der Waals surface area contributed by atoms with Gasteiger partial charge in [0, 0.05) is 6.04 Å². The lowest BCUT2D eigenvalue weighted by atomic mass is 9.93. The SMILES string of the molecule is CCCNC1CCC(O)CC1. The van der Waals surface area contributed by atoms with Crippen molar-refractivity contribution in [2.24, 2.45) is 0 Å². The maximum atomic E-state index is 9.22. The number of hydrogen-bond acceptors (Lipinski definition) is 2. The highest BCUT2D eigenvalue weighted by Gasteiger charge is 2.17. The second-order valence-corrected chi connectivity index (χ2v) is 3.46. The van der Waals surface area contributed by atoms with Gasteiger partial charge < -0.3 is 10.4 Å². The summed E-state index contributed by atoms with van der Waals surface area (Å²) >= 11 is 0. The zero-order valence-corrected chi connectivity index (χ0v) is 7.34. The smallest absolute Gasteiger partial charge is 0.0541 e. The van der Waals surface area contributed by atoms with Crippen molar-refractivity contribution < 1.29 is 5.11 Å². The first-order valence-electron chi connectivity index (χ1n) is 4.74. The largest absolute Gasteiger partial charge is 0.393 e. The van der Waals surface area contributed by atoms with Crippen molar-refractivity contribution in [1.82, 2.24) is 5.32 Å². The minimum Gasteiger partial charge on any atom is -0.393 e. The summed E-state index contributed by atoms with van der Waals surface area (Å²) in [7, 11) is 0. The van der Waals surface area contributed by atoms with Gasteiger partial charge in [-0.3, -0.25) is 0 Å². The van der Waals surface area contributed by atoms with E-state index >= 15 is 0 Å². The third kappa shape index (κ3) is 3.21. The van der Waals surface area contributed by atoms with E-state index in [0.717, 1.165) is 32.2 Å². The molecule has 0 atom stereocenters. The predicted molar refractivity (Wildman–Crippen MR) is 46.6 cm³/mol. The molecule has 0 spiro atoms. The fourth-order valence-corrected chi connectivity index (χ4v) is 1.63. The lowest BCUT2D eigenvalue weighted by molar-refractivity contribution is 0.117. The van der Waals surface area contributed by atoms with Gasteiger partial charge in [-0.05, 0) is 38.6 Å². The van der Waals surface area contributed by atoms with E-state index in [1.54, 1.807) is 0 Å². The average Bonchev–Trinajstić information content (AvgIpc) is 2.04. The quantitative estimate of drug-likeness (QED) is 0.647. The van der Waals surface area contributed by atoms with Gasteiger partial charge >= 0.3 is 0 Å². The molecule has 0 heterocycles. The van der Waals surface area contributed by atoms with E-state index in [0.29, 0.717) is 6.04 Å². The number of rotatable bonds is 3. The maximum absolute atomic E-state index is 9.22. The Balaban J connectivity index is 2.07. The Morgan fingerprint density at radius 2 is 1.91 bits per heavy atom. The van der Waals surface area contributed by atoms with E-state index in [9.17, 15) is 5.11 Å². The molecular weight excluding hydrogens is 138 g/mol. The summed E-state index contributed by atoms with van der Waals surface area (Å²) in [5.41, 5.74) is 0. The minimum atomic E-state index is -0.0188. The second kappa shape index (κ2) is 4.73. The third-order valence-electron chi connectivity index (χ3n) is 2.38. The topological polar surface area (TPSA) is 32.3 Å². The Morgan fingerprint density at radius 1 is 1.27 bits per heavy atom. The van der Waals surface area contributed by atoms with Crippen molar-refractivity contribution in [1.29, 1.82) is 0 Å². The molecule has 0 aromatic carbocycles. The Labute approximate surface area is 69.0 Å². The highest BCUT2D eigenvalue weighted by Crippen LogP contribution is 2.17. The summed E-state index contributed by atoms with van der Waals surface area (Å²) in [6.07, 6.45) is 5.47. The number of aliphatic hydroxyl groups excluding tert-OH is 1. The molecule has 1 saturated carbocycles. The van der Waals surface area contributed by atoms with Crippen LogP contribution in [-0.2, 0) is 0 Å². The van der Waals surface area contributed by atoms with E-state index in [2.05, 4.69) is 12.2 Å². The molecule has 0 radical (unpaired) electrons. The molecule has 0 amide bonds. The van der Waals surface area contributed by atoms with Crippen LogP contribution in [0.3, 0.4) is 0 Å². The predicted octanol–water partition coefficient (Wildman–Crippen LogP) is 1.29. The molecular formula is C9H19NO. The van der Waals surface area contributed by atoms with Gasteiger partial charge in [0.15, 0.2) is 0 Å². The summed E-state index contributed by atoms with van der Waals surface area (Å²) in [6, 6.07) is 0.679. The van der Waals surface area contributed by atoms with Crippen LogP contribution in [0.1, 0.15) is 39.0 Å². The van der Waals surface area contributed by atoms with Crippen LogP contribution in [0, 0.1) is 0 Å². The molecule has 0 aromatic rings. The number of nitrogens with one attached hydrogen (secondary N) is 1. The molecule has 1 rings (SSSR count). The second-order valence-electron chi connectivity index (χ2n) is 3.46. The van der Waals surface area contributed by atoms with Gasteiger partial charge in [-0.15, -0.1) is 0 Å². The molecule has 2 nitrogen and oxygen atoms in total. The van der Waals surface area contributed by atoms with Crippen molar-refractivity contribution in [2.45, 2.75) is 51.2 Å². The van der Waals surface area contributed by atoms with Crippen molar-refractivity contribution >= 4 is 0 Å². The van der Waals surface area contributed by atoms with E-state index in [4.69, 9.17) is 0 Å². The van der Waals surface area contributed by atoms with Gasteiger partial charge in [0.1, 0.15) is 0 Å². The maximum Gasteiger partial charge on any atom is 0.0541 e. The lowest BCUT2D eigenvalue weighted by Crippen LogP contribution is -2.34. The molecule has 11 heavy (non-hydrogen) atoms.